The first-order valence-corrected chi connectivity index (χ1v) is 7.31. The molecule has 0 bridgehead atoms. The van der Waals surface area contributed by atoms with E-state index < -0.39 is 0 Å². The fourth-order valence-electron chi connectivity index (χ4n) is 2.49. The van der Waals surface area contributed by atoms with Crippen LogP contribution >= 0.6 is 15.9 Å². The minimum Gasteiger partial charge on any atom is -0.485 e. The average Bonchev–Trinajstić information content (AvgIpc) is 2.42. The zero-order chi connectivity index (χ0) is 14.3. The highest BCUT2D eigenvalue weighted by Gasteiger charge is 2.27. The second kappa shape index (κ2) is 5.19. The quantitative estimate of drug-likeness (QED) is 0.837. The molecule has 1 aliphatic rings. The van der Waals surface area contributed by atoms with Gasteiger partial charge >= 0.3 is 0 Å². The van der Waals surface area contributed by atoms with Gasteiger partial charge in [0, 0.05) is 22.5 Å². The maximum absolute atomic E-state index is 13.3. The molecule has 2 aromatic rings. The Labute approximate surface area is 125 Å². The smallest absolute Gasteiger partial charge is 0.126 e. The standard InChI is InChI=1S/C16H15BrFNO/c1-9-2-3-10(6-13(9)17)16-8-14(19)12-7-11(18)4-5-15(12)20-16/h2-7,14,16H,8,19H2,1H3. The van der Waals surface area contributed by atoms with E-state index in [1.165, 1.54) is 17.7 Å². The summed E-state index contributed by atoms with van der Waals surface area (Å²) in [6.07, 6.45) is 0.547. The topological polar surface area (TPSA) is 35.2 Å². The highest BCUT2D eigenvalue weighted by Crippen LogP contribution is 2.40. The van der Waals surface area contributed by atoms with Crippen molar-refractivity contribution in [3.8, 4) is 5.75 Å². The Bertz CT molecular complexity index is 659. The van der Waals surface area contributed by atoms with Gasteiger partial charge in [0.25, 0.3) is 0 Å². The summed E-state index contributed by atoms with van der Waals surface area (Å²) >= 11 is 3.53. The Morgan fingerprint density at radius 1 is 1.25 bits per heavy atom. The molecule has 3 rings (SSSR count). The number of hydrogen-bond donors (Lipinski definition) is 1. The molecule has 0 radical (unpaired) electrons. The number of benzene rings is 2. The minimum atomic E-state index is -0.278. The summed E-state index contributed by atoms with van der Waals surface area (Å²) in [5, 5.41) is 0. The van der Waals surface area contributed by atoms with Crippen molar-refractivity contribution in [3.05, 3.63) is 63.4 Å². The molecule has 2 N–H and O–H groups in total. The predicted molar refractivity (Wildman–Crippen MR) is 80.2 cm³/mol. The van der Waals surface area contributed by atoms with Gasteiger partial charge in [-0.05, 0) is 42.3 Å². The van der Waals surface area contributed by atoms with Crippen molar-refractivity contribution in [2.75, 3.05) is 0 Å². The molecule has 20 heavy (non-hydrogen) atoms. The van der Waals surface area contributed by atoms with Crippen LogP contribution in [0.2, 0.25) is 0 Å². The Morgan fingerprint density at radius 3 is 2.80 bits per heavy atom. The van der Waals surface area contributed by atoms with E-state index in [0.29, 0.717) is 12.2 Å². The van der Waals surface area contributed by atoms with Gasteiger partial charge in [0.1, 0.15) is 17.7 Å². The van der Waals surface area contributed by atoms with E-state index in [1.807, 2.05) is 13.0 Å². The summed E-state index contributed by atoms with van der Waals surface area (Å²) in [5.74, 6) is 0.395. The molecule has 2 nitrogen and oxygen atoms in total. The van der Waals surface area contributed by atoms with Crippen molar-refractivity contribution in [3.63, 3.8) is 0 Å². The van der Waals surface area contributed by atoms with Crippen LogP contribution in [0.1, 0.15) is 35.3 Å². The maximum Gasteiger partial charge on any atom is 0.126 e. The highest BCUT2D eigenvalue weighted by atomic mass is 79.9. The molecule has 1 heterocycles. The molecular formula is C16H15BrFNO. The van der Waals surface area contributed by atoms with E-state index in [-0.39, 0.29) is 18.0 Å². The summed E-state index contributed by atoms with van der Waals surface area (Å²) in [6, 6.07) is 10.5. The highest BCUT2D eigenvalue weighted by molar-refractivity contribution is 9.10. The van der Waals surface area contributed by atoms with Crippen molar-refractivity contribution < 1.29 is 9.13 Å². The molecule has 104 valence electrons. The SMILES string of the molecule is Cc1ccc(C2CC(N)c3cc(F)ccc3O2)cc1Br. The lowest BCUT2D eigenvalue weighted by Gasteiger charge is -2.30. The number of halogens is 2. The molecule has 0 spiro atoms. The molecule has 0 saturated heterocycles. The van der Waals surface area contributed by atoms with Crippen molar-refractivity contribution in [2.24, 2.45) is 5.73 Å². The third-order valence-electron chi connectivity index (χ3n) is 3.68. The van der Waals surface area contributed by atoms with E-state index in [0.717, 1.165) is 15.6 Å². The number of aryl methyl sites for hydroxylation is 1. The fourth-order valence-corrected chi connectivity index (χ4v) is 2.89. The molecule has 0 fully saturated rings. The van der Waals surface area contributed by atoms with Crippen LogP contribution < -0.4 is 10.5 Å². The Hall–Kier alpha value is -1.39. The van der Waals surface area contributed by atoms with Gasteiger partial charge in [0.15, 0.2) is 0 Å². The third-order valence-corrected chi connectivity index (χ3v) is 4.53. The molecule has 0 aromatic heterocycles. The Kier molecular flexibility index (Phi) is 3.52. The number of nitrogens with two attached hydrogens (primary N) is 1. The molecule has 4 heteroatoms. The summed E-state index contributed by atoms with van der Waals surface area (Å²) < 4.78 is 20.3. The molecular weight excluding hydrogens is 321 g/mol. The second-order valence-electron chi connectivity index (χ2n) is 5.14. The third kappa shape index (κ3) is 2.45. The van der Waals surface area contributed by atoms with Crippen LogP contribution in [0.5, 0.6) is 5.75 Å². The van der Waals surface area contributed by atoms with Gasteiger partial charge in [-0.15, -0.1) is 0 Å². The average molecular weight is 336 g/mol. The molecule has 1 aliphatic heterocycles. The van der Waals surface area contributed by atoms with Crippen molar-refractivity contribution in [2.45, 2.75) is 25.5 Å². The summed E-state index contributed by atoms with van der Waals surface area (Å²) in [4.78, 5) is 0. The lowest BCUT2D eigenvalue weighted by atomic mass is 9.93. The zero-order valence-corrected chi connectivity index (χ0v) is 12.7. The molecule has 2 unspecified atom stereocenters. The lowest BCUT2D eigenvalue weighted by molar-refractivity contribution is 0.161. The minimum absolute atomic E-state index is 0.0974. The van der Waals surface area contributed by atoms with Gasteiger partial charge in [-0.3, -0.25) is 0 Å². The monoisotopic (exact) mass is 335 g/mol. The van der Waals surface area contributed by atoms with Gasteiger partial charge < -0.3 is 10.5 Å². The lowest BCUT2D eigenvalue weighted by Crippen LogP contribution is -2.24. The molecule has 0 amide bonds. The molecule has 2 atom stereocenters. The van der Waals surface area contributed by atoms with Crippen LogP contribution in [0, 0.1) is 12.7 Å². The van der Waals surface area contributed by atoms with Crippen LogP contribution in [0.25, 0.3) is 0 Å². The van der Waals surface area contributed by atoms with Crippen LogP contribution in [0.15, 0.2) is 40.9 Å². The normalized spacial score (nSPS) is 21.2. The van der Waals surface area contributed by atoms with Gasteiger partial charge in [0.2, 0.25) is 0 Å². The van der Waals surface area contributed by atoms with Crippen LogP contribution in [-0.4, -0.2) is 0 Å². The predicted octanol–water partition coefficient (Wildman–Crippen LogP) is 4.42. The van der Waals surface area contributed by atoms with Gasteiger partial charge in [-0.2, -0.15) is 0 Å². The first-order chi connectivity index (χ1) is 9.54. The van der Waals surface area contributed by atoms with Crippen LogP contribution in [-0.2, 0) is 0 Å². The second-order valence-corrected chi connectivity index (χ2v) is 5.99. The van der Waals surface area contributed by atoms with E-state index in [2.05, 4.69) is 28.1 Å². The number of fused-ring (bicyclic) bond motifs is 1. The number of rotatable bonds is 1. The van der Waals surface area contributed by atoms with Crippen molar-refractivity contribution in [1.82, 2.24) is 0 Å². The largest absolute Gasteiger partial charge is 0.485 e. The Morgan fingerprint density at radius 2 is 2.05 bits per heavy atom. The van der Waals surface area contributed by atoms with E-state index in [9.17, 15) is 4.39 Å². The van der Waals surface area contributed by atoms with Crippen LogP contribution in [0.3, 0.4) is 0 Å². The first kappa shape index (κ1) is 13.6. The number of ether oxygens (including phenoxy) is 1. The summed E-state index contributed by atoms with van der Waals surface area (Å²) in [5.41, 5.74) is 9.15. The van der Waals surface area contributed by atoms with Gasteiger partial charge in [-0.25, -0.2) is 4.39 Å². The molecule has 2 aromatic carbocycles. The fraction of sp³-hybridized carbons (Fsp3) is 0.250. The van der Waals surface area contributed by atoms with E-state index in [4.69, 9.17) is 10.5 Å². The summed E-state index contributed by atoms with van der Waals surface area (Å²) in [6.45, 7) is 2.04. The zero-order valence-electron chi connectivity index (χ0n) is 11.1. The van der Waals surface area contributed by atoms with Gasteiger partial charge in [0.05, 0.1) is 0 Å². The summed E-state index contributed by atoms with van der Waals surface area (Å²) in [7, 11) is 0. The van der Waals surface area contributed by atoms with E-state index in [1.54, 1.807) is 6.07 Å². The van der Waals surface area contributed by atoms with Crippen molar-refractivity contribution >= 4 is 15.9 Å². The van der Waals surface area contributed by atoms with Crippen molar-refractivity contribution in [1.29, 1.82) is 0 Å². The molecule has 0 saturated carbocycles. The number of hydrogen-bond acceptors (Lipinski definition) is 2. The van der Waals surface area contributed by atoms with E-state index >= 15 is 0 Å². The van der Waals surface area contributed by atoms with Crippen LogP contribution in [0.4, 0.5) is 4.39 Å². The molecule has 0 aliphatic carbocycles. The first-order valence-electron chi connectivity index (χ1n) is 6.52. The maximum atomic E-state index is 13.3. The van der Waals surface area contributed by atoms with Gasteiger partial charge in [-0.1, -0.05) is 28.1 Å². The Balaban J connectivity index is 1.94.